The summed E-state index contributed by atoms with van der Waals surface area (Å²) in [6.07, 6.45) is 4.35. The third-order valence-corrected chi connectivity index (χ3v) is 6.94. The van der Waals surface area contributed by atoms with Crippen molar-refractivity contribution < 1.29 is 23.7 Å². The van der Waals surface area contributed by atoms with E-state index < -0.39 is 14.2 Å². The normalized spacial score (nSPS) is 15.2. The topological polar surface area (TPSA) is 54.0 Å². The van der Waals surface area contributed by atoms with Gasteiger partial charge in [0, 0.05) is 13.0 Å². The summed E-state index contributed by atoms with van der Waals surface area (Å²) in [5.74, 6) is 0.770. The molecule has 0 saturated carbocycles. The molecular weight excluding hydrogens is 432 g/mol. The van der Waals surface area contributed by atoms with Gasteiger partial charge in [0.05, 0.1) is 27.9 Å². The molecule has 0 unspecified atom stereocenters. The lowest BCUT2D eigenvalue weighted by molar-refractivity contribution is -0.148. The van der Waals surface area contributed by atoms with Gasteiger partial charge in [-0.15, -0.1) is 0 Å². The molecule has 33 heavy (non-hydrogen) atoms. The van der Waals surface area contributed by atoms with E-state index in [1.54, 1.807) is 21.1 Å². The number of ketones is 1. The third-order valence-electron chi connectivity index (χ3n) is 5.58. The van der Waals surface area contributed by atoms with Gasteiger partial charge in [-0.2, -0.15) is 0 Å². The number of carbonyl (C=O) groups excluding carboxylic acids is 1. The summed E-state index contributed by atoms with van der Waals surface area (Å²) >= 11 is 0. The summed E-state index contributed by atoms with van der Waals surface area (Å²) in [6.45, 7) is 13.6. The Morgan fingerprint density at radius 1 is 1.03 bits per heavy atom. The molecule has 188 valence electrons. The predicted molar refractivity (Wildman–Crippen MR) is 138 cm³/mol. The summed E-state index contributed by atoms with van der Waals surface area (Å²) in [5, 5.41) is 0. The van der Waals surface area contributed by atoms with Gasteiger partial charge in [-0.25, -0.2) is 0 Å². The van der Waals surface area contributed by atoms with Crippen LogP contribution in [0.5, 0.6) is 5.75 Å². The average molecular weight is 479 g/mol. The lowest BCUT2D eigenvalue weighted by Crippen LogP contribution is -2.40. The van der Waals surface area contributed by atoms with Gasteiger partial charge in [0.15, 0.2) is 5.78 Å². The fourth-order valence-corrected chi connectivity index (χ4v) is 5.82. The van der Waals surface area contributed by atoms with Crippen molar-refractivity contribution in [2.45, 2.75) is 91.3 Å². The maximum atomic E-state index is 12.8. The van der Waals surface area contributed by atoms with Crippen LogP contribution in [0.4, 0.5) is 0 Å². The van der Waals surface area contributed by atoms with Crippen LogP contribution in [0.1, 0.15) is 58.4 Å². The standard InChI is InChI=1S/C27H46O5Si/c1-9-10-11-12-26(32-20-29-4)25(17-21(2)19-33(6,7)8)27(22(3)28)31-18-23-13-15-24(30-5)16-14-23/h13-16,19,25-27H,9-12,17-18,20H2,1-8H3/b21-19+/t25-,26+,27-/m1/s1. The Morgan fingerprint density at radius 2 is 1.70 bits per heavy atom. The van der Waals surface area contributed by atoms with E-state index in [0.29, 0.717) is 6.61 Å². The van der Waals surface area contributed by atoms with Crippen molar-refractivity contribution >= 4 is 13.9 Å². The maximum Gasteiger partial charge on any atom is 0.158 e. The molecule has 0 heterocycles. The fraction of sp³-hybridized carbons (Fsp3) is 0.667. The second kappa shape index (κ2) is 15.4. The second-order valence-electron chi connectivity index (χ2n) is 10.0. The van der Waals surface area contributed by atoms with Crippen LogP contribution in [-0.4, -0.2) is 47.1 Å². The van der Waals surface area contributed by atoms with Crippen LogP contribution in [0.15, 0.2) is 35.5 Å². The van der Waals surface area contributed by atoms with Crippen molar-refractivity contribution in [3.8, 4) is 5.75 Å². The molecule has 1 aromatic carbocycles. The van der Waals surface area contributed by atoms with E-state index in [9.17, 15) is 4.79 Å². The molecule has 5 nitrogen and oxygen atoms in total. The number of hydrogen-bond acceptors (Lipinski definition) is 5. The van der Waals surface area contributed by atoms with Gasteiger partial charge < -0.3 is 18.9 Å². The number of ether oxygens (including phenoxy) is 4. The molecule has 0 aliphatic rings. The highest BCUT2D eigenvalue weighted by Crippen LogP contribution is 2.29. The van der Waals surface area contributed by atoms with Crippen molar-refractivity contribution in [2.75, 3.05) is 21.0 Å². The van der Waals surface area contributed by atoms with Gasteiger partial charge in [-0.1, -0.05) is 69.2 Å². The molecule has 0 radical (unpaired) electrons. The number of methoxy groups -OCH3 is 2. The number of carbonyl (C=O) groups is 1. The molecule has 1 aromatic rings. The van der Waals surface area contributed by atoms with Gasteiger partial charge >= 0.3 is 0 Å². The Labute approximate surface area is 202 Å². The first-order valence-corrected chi connectivity index (χ1v) is 15.7. The van der Waals surface area contributed by atoms with Crippen LogP contribution in [0, 0.1) is 5.92 Å². The van der Waals surface area contributed by atoms with Crippen molar-refractivity contribution in [3.63, 3.8) is 0 Å². The molecule has 0 aliphatic heterocycles. The minimum absolute atomic E-state index is 0.0378. The van der Waals surface area contributed by atoms with Crippen LogP contribution in [0.2, 0.25) is 19.6 Å². The number of benzene rings is 1. The first-order chi connectivity index (χ1) is 15.6. The molecule has 0 aromatic heterocycles. The van der Waals surface area contributed by atoms with Gasteiger partial charge in [-0.05, 0) is 44.4 Å². The zero-order valence-corrected chi connectivity index (χ0v) is 23.1. The first kappa shape index (κ1) is 29.6. The summed E-state index contributed by atoms with van der Waals surface area (Å²) < 4.78 is 22.9. The number of unbranched alkanes of at least 4 members (excludes halogenated alkanes) is 2. The van der Waals surface area contributed by atoms with Crippen LogP contribution < -0.4 is 4.74 Å². The quantitative estimate of drug-likeness (QED) is 0.144. The maximum absolute atomic E-state index is 12.8. The average Bonchev–Trinajstić information content (AvgIpc) is 2.74. The van der Waals surface area contributed by atoms with E-state index in [4.69, 9.17) is 18.9 Å². The summed E-state index contributed by atoms with van der Waals surface area (Å²) in [7, 11) is 1.90. The molecule has 1 rings (SSSR count). The van der Waals surface area contributed by atoms with E-state index >= 15 is 0 Å². The van der Waals surface area contributed by atoms with Crippen molar-refractivity contribution in [3.05, 3.63) is 41.1 Å². The smallest absolute Gasteiger partial charge is 0.158 e. The van der Waals surface area contributed by atoms with E-state index in [1.807, 2.05) is 24.3 Å². The van der Waals surface area contributed by atoms with Gasteiger partial charge in [0.2, 0.25) is 0 Å². The van der Waals surface area contributed by atoms with Crippen LogP contribution in [-0.2, 0) is 25.6 Å². The van der Waals surface area contributed by atoms with Crippen molar-refractivity contribution in [1.82, 2.24) is 0 Å². The van der Waals surface area contributed by atoms with Crippen molar-refractivity contribution in [2.24, 2.45) is 5.92 Å². The number of hydrogen-bond donors (Lipinski definition) is 0. The monoisotopic (exact) mass is 478 g/mol. The van der Waals surface area contributed by atoms with Crippen LogP contribution in [0.3, 0.4) is 0 Å². The highest BCUT2D eigenvalue weighted by atomic mass is 28.3. The summed E-state index contributed by atoms with van der Waals surface area (Å²) in [6, 6.07) is 7.77. The first-order valence-electron chi connectivity index (χ1n) is 12.1. The lowest BCUT2D eigenvalue weighted by Gasteiger charge is -2.33. The third kappa shape index (κ3) is 12.0. The molecule has 3 atom stereocenters. The fourth-order valence-electron chi connectivity index (χ4n) is 4.23. The predicted octanol–water partition coefficient (Wildman–Crippen LogP) is 6.57. The van der Waals surface area contributed by atoms with Gasteiger partial charge in [-0.3, -0.25) is 4.79 Å². The second-order valence-corrected chi connectivity index (χ2v) is 15.0. The Kier molecular flexibility index (Phi) is 13.8. The zero-order chi connectivity index (χ0) is 24.9. The molecule has 0 saturated heterocycles. The number of Topliss-reactive ketones (excluding diaryl/α,β-unsaturated/α-hetero) is 1. The molecule has 0 aliphatic carbocycles. The number of allylic oxidation sites excluding steroid dienone is 1. The number of rotatable bonds is 17. The Bertz CT molecular complexity index is 708. The molecule has 0 fully saturated rings. The van der Waals surface area contributed by atoms with E-state index in [1.165, 1.54) is 5.57 Å². The SMILES string of the molecule is CCCCC[C@H](OCOC)[C@@H](C/C(C)=C/[Si](C)(C)C)[C@H](OCc1ccc(OC)cc1)C(C)=O. The lowest BCUT2D eigenvalue weighted by atomic mass is 9.85. The molecule has 0 N–H and O–H groups in total. The van der Waals surface area contributed by atoms with E-state index in [2.05, 4.69) is 39.2 Å². The Morgan fingerprint density at radius 3 is 2.21 bits per heavy atom. The highest BCUT2D eigenvalue weighted by molar-refractivity contribution is 6.81. The molecule has 0 amide bonds. The molecule has 6 heteroatoms. The van der Waals surface area contributed by atoms with Gasteiger partial charge in [0.1, 0.15) is 18.6 Å². The highest BCUT2D eigenvalue weighted by Gasteiger charge is 2.34. The van der Waals surface area contributed by atoms with Crippen molar-refractivity contribution in [1.29, 1.82) is 0 Å². The van der Waals surface area contributed by atoms with E-state index in [-0.39, 0.29) is 24.6 Å². The molecule has 0 spiro atoms. The van der Waals surface area contributed by atoms with Gasteiger partial charge in [0.25, 0.3) is 0 Å². The van der Waals surface area contributed by atoms with Crippen LogP contribution >= 0.6 is 0 Å². The largest absolute Gasteiger partial charge is 0.497 e. The minimum Gasteiger partial charge on any atom is -0.497 e. The molecular formula is C27H46O5Si. The Balaban J connectivity index is 3.17. The summed E-state index contributed by atoms with van der Waals surface area (Å²) in [5.41, 5.74) is 4.73. The zero-order valence-electron chi connectivity index (χ0n) is 22.1. The minimum atomic E-state index is -1.39. The van der Waals surface area contributed by atoms with E-state index in [0.717, 1.165) is 43.4 Å². The molecule has 0 bridgehead atoms. The Hall–Kier alpha value is -1.47. The summed E-state index contributed by atoms with van der Waals surface area (Å²) in [4.78, 5) is 12.8. The van der Waals surface area contributed by atoms with Crippen LogP contribution in [0.25, 0.3) is 0 Å².